The van der Waals surface area contributed by atoms with E-state index in [1.165, 1.54) is 6.07 Å². The maximum absolute atomic E-state index is 10.9. The van der Waals surface area contributed by atoms with Crippen molar-refractivity contribution in [2.24, 2.45) is 5.73 Å². The molecule has 0 saturated carbocycles. The molecule has 2 aromatic rings. The molecule has 90 valence electrons. The summed E-state index contributed by atoms with van der Waals surface area (Å²) in [6.07, 6.45) is 2.39. The molecule has 0 aliphatic carbocycles. The van der Waals surface area contributed by atoms with Crippen molar-refractivity contribution >= 4 is 16.6 Å². The van der Waals surface area contributed by atoms with E-state index < -0.39 is 4.92 Å². The molecule has 0 atom stereocenters. The van der Waals surface area contributed by atoms with Crippen LogP contribution >= 0.6 is 0 Å². The summed E-state index contributed by atoms with van der Waals surface area (Å²) in [5, 5.41) is 11.6. The van der Waals surface area contributed by atoms with Crippen LogP contribution in [0.3, 0.4) is 0 Å². The number of nitrogens with zero attached hydrogens (tertiary/aromatic N) is 1. The first-order valence-electron chi connectivity index (χ1n) is 5.20. The van der Waals surface area contributed by atoms with Gasteiger partial charge in [0.2, 0.25) is 0 Å². The summed E-state index contributed by atoms with van der Waals surface area (Å²) in [5.41, 5.74) is 6.97. The largest absolute Gasteiger partial charge is 0.496 e. The molecule has 6 nitrogen and oxygen atoms in total. The zero-order valence-electron chi connectivity index (χ0n) is 9.40. The number of aromatic amines is 1. The van der Waals surface area contributed by atoms with E-state index in [2.05, 4.69) is 4.98 Å². The third-order valence-electron chi connectivity index (χ3n) is 2.69. The minimum absolute atomic E-state index is 0.0454. The summed E-state index contributed by atoms with van der Waals surface area (Å²) >= 11 is 0. The van der Waals surface area contributed by atoms with Crippen molar-refractivity contribution < 1.29 is 9.66 Å². The zero-order valence-corrected chi connectivity index (χ0v) is 9.40. The van der Waals surface area contributed by atoms with Crippen molar-refractivity contribution in [3.63, 3.8) is 0 Å². The number of methoxy groups -OCH3 is 1. The average Bonchev–Trinajstić information content (AvgIpc) is 2.72. The second-order valence-corrected chi connectivity index (χ2v) is 3.65. The number of hydrogen-bond donors (Lipinski definition) is 2. The molecule has 0 unspecified atom stereocenters. The van der Waals surface area contributed by atoms with E-state index in [0.717, 1.165) is 10.9 Å². The van der Waals surface area contributed by atoms with Gasteiger partial charge in [0, 0.05) is 12.3 Å². The fourth-order valence-corrected chi connectivity index (χ4v) is 1.94. The molecule has 1 aromatic heterocycles. The average molecular weight is 235 g/mol. The minimum atomic E-state index is -0.412. The predicted octanol–water partition coefficient (Wildman–Crippen LogP) is 1.59. The fraction of sp³-hybridized carbons (Fsp3) is 0.273. The normalized spacial score (nSPS) is 10.7. The number of hydrogen-bond acceptors (Lipinski definition) is 4. The number of nitrogens with two attached hydrogens (primary N) is 1. The Kier molecular flexibility index (Phi) is 2.97. The zero-order chi connectivity index (χ0) is 12.4. The smallest absolute Gasteiger partial charge is 0.293 e. The molecule has 0 saturated heterocycles. The van der Waals surface area contributed by atoms with Crippen LogP contribution in [0.25, 0.3) is 10.9 Å². The minimum Gasteiger partial charge on any atom is -0.496 e. The van der Waals surface area contributed by atoms with Gasteiger partial charge in [-0.1, -0.05) is 0 Å². The van der Waals surface area contributed by atoms with Crippen molar-refractivity contribution in [1.29, 1.82) is 0 Å². The molecule has 0 aliphatic heterocycles. The van der Waals surface area contributed by atoms with Crippen LogP contribution in [0.4, 0.5) is 5.69 Å². The van der Waals surface area contributed by atoms with Gasteiger partial charge in [-0.2, -0.15) is 0 Å². The van der Waals surface area contributed by atoms with Crippen molar-refractivity contribution in [1.82, 2.24) is 4.98 Å². The molecule has 2 rings (SSSR count). The number of non-ortho nitro benzene ring substituents is 1. The fourth-order valence-electron chi connectivity index (χ4n) is 1.94. The van der Waals surface area contributed by atoms with E-state index in [0.29, 0.717) is 24.2 Å². The Hall–Kier alpha value is -2.08. The summed E-state index contributed by atoms with van der Waals surface area (Å²) in [7, 11) is 1.54. The van der Waals surface area contributed by atoms with Gasteiger partial charge in [-0.05, 0) is 24.6 Å². The first-order chi connectivity index (χ1) is 8.19. The van der Waals surface area contributed by atoms with Crippen LogP contribution < -0.4 is 10.5 Å². The van der Waals surface area contributed by atoms with Crippen LogP contribution in [0.15, 0.2) is 18.3 Å². The summed E-state index contributed by atoms with van der Waals surface area (Å²) in [6.45, 7) is 0.485. The van der Waals surface area contributed by atoms with Crippen LogP contribution in [-0.4, -0.2) is 23.6 Å². The molecule has 0 amide bonds. The van der Waals surface area contributed by atoms with E-state index >= 15 is 0 Å². The van der Waals surface area contributed by atoms with Crippen LogP contribution in [-0.2, 0) is 6.42 Å². The molecule has 0 bridgehead atoms. The van der Waals surface area contributed by atoms with Crippen LogP contribution in [0.5, 0.6) is 5.75 Å². The maximum Gasteiger partial charge on any atom is 0.293 e. The number of benzene rings is 1. The third-order valence-corrected chi connectivity index (χ3v) is 2.69. The molecule has 0 aliphatic rings. The second-order valence-electron chi connectivity index (χ2n) is 3.65. The summed E-state index contributed by atoms with van der Waals surface area (Å²) in [4.78, 5) is 13.4. The van der Waals surface area contributed by atoms with Crippen molar-refractivity contribution in [3.8, 4) is 5.75 Å². The molecule has 17 heavy (non-hydrogen) atoms. The third kappa shape index (κ3) is 1.83. The highest BCUT2D eigenvalue weighted by atomic mass is 16.6. The van der Waals surface area contributed by atoms with Gasteiger partial charge >= 0.3 is 0 Å². The van der Waals surface area contributed by atoms with E-state index in [-0.39, 0.29) is 5.69 Å². The van der Waals surface area contributed by atoms with E-state index in [9.17, 15) is 10.1 Å². The Morgan fingerprint density at radius 3 is 2.88 bits per heavy atom. The topological polar surface area (TPSA) is 94.2 Å². The lowest BCUT2D eigenvalue weighted by Crippen LogP contribution is -2.02. The molecule has 1 aromatic carbocycles. The Balaban J connectivity index is 2.73. The Morgan fingerprint density at radius 2 is 2.29 bits per heavy atom. The number of ether oxygens (including phenoxy) is 1. The molecular formula is C11H13N3O3. The monoisotopic (exact) mass is 235 g/mol. The van der Waals surface area contributed by atoms with Crippen molar-refractivity contribution in [3.05, 3.63) is 34.0 Å². The van der Waals surface area contributed by atoms with Gasteiger partial charge in [0.15, 0.2) is 0 Å². The lowest BCUT2D eigenvalue weighted by atomic mass is 10.1. The summed E-state index contributed by atoms with van der Waals surface area (Å²) < 4.78 is 5.22. The number of H-pyrrole nitrogens is 1. The van der Waals surface area contributed by atoms with Crippen LogP contribution in [0, 0.1) is 10.1 Å². The maximum atomic E-state index is 10.9. The first kappa shape index (κ1) is 11.4. The van der Waals surface area contributed by atoms with Gasteiger partial charge in [0.25, 0.3) is 5.69 Å². The highest BCUT2D eigenvalue weighted by molar-refractivity contribution is 5.95. The highest BCUT2D eigenvalue weighted by Crippen LogP contribution is 2.34. The molecule has 6 heteroatoms. The molecular weight excluding hydrogens is 222 g/mol. The predicted molar refractivity (Wildman–Crippen MR) is 64.3 cm³/mol. The molecule has 0 radical (unpaired) electrons. The van der Waals surface area contributed by atoms with Gasteiger partial charge in [-0.25, -0.2) is 0 Å². The van der Waals surface area contributed by atoms with Crippen molar-refractivity contribution in [2.75, 3.05) is 13.7 Å². The quantitative estimate of drug-likeness (QED) is 0.621. The Morgan fingerprint density at radius 1 is 1.53 bits per heavy atom. The van der Waals surface area contributed by atoms with E-state index in [1.54, 1.807) is 19.4 Å². The number of nitro benzene ring substituents is 1. The Labute approximate surface area is 97.5 Å². The number of rotatable bonds is 4. The van der Waals surface area contributed by atoms with Gasteiger partial charge in [-0.15, -0.1) is 0 Å². The molecule has 0 fully saturated rings. The lowest BCUT2D eigenvalue weighted by molar-refractivity contribution is -0.383. The van der Waals surface area contributed by atoms with Crippen LogP contribution in [0.1, 0.15) is 5.56 Å². The van der Waals surface area contributed by atoms with Crippen molar-refractivity contribution in [2.45, 2.75) is 6.42 Å². The van der Waals surface area contributed by atoms with Gasteiger partial charge in [0.1, 0.15) is 11.3 Å². The number of nitro groups is 1. The highest BCUT2D eigenvalue weighted by Gasteiger charge is 2.18. The number of fused-ring (bicyclic) bond motifs is 1. The first-order valence-corrected chi connectivity index (χ1v) is 5.20. The summed E-state index contributed by atoms with van der Waals surface area (Å²) in [6, 6.07) is 3.04. The van der Waals surface area contributed by atoms with Gasteiger partial charge in [0.05, 0.1) is 17.4 Å². The number of aromatic nitrogens is 1. The Bertz CT molecular complexity index is 562. The SMILES string of the molecule is COc1ccc([N+](=O)[O-])c2[nH]cc(CCN)c12. The van der Waals surface area contributed by atoms with Crippen LogP contribution in [0.2, 0.25) is 0 Å². The molecule has 3 N–H and O–H groups in total. The molecule has 0 spiro atoms. The number of nitrogens with one attached hydrogen (secondary N) is 1. The van der Waals surface area contributed by atoms with Gasteiger partial charge < -0.3 is 15.5 Å². The lowest BCUT2D eigenvalue weighted by Gasteiger charge is -2.04. The van der Waals surface area contributed by atoms with E-state index in [4.69, 9.17) is 10.5 Å². The second kappa shape index (κ2) is 4.42. The van der Waals surface area contributed by atoms with E-state index in [1.807, 2.05) is 0 Å². The standard InChI is InChI=1S/C11H13N3O3/c1-17-9-3-2-8(14(15)16)11-10(9)7(4-5-12)6-13-11/h2-3,6,13H,4-5,12H2,1H3. The van der Waals surface area contributed by atoms with Gasteiger partial charge in [-0.3, -0.25) is 10.1 Å². The summed E-state index contributed by atoms with van der Waals surface area (Å²) in [5.74, 6) is 0.621. The molecule has 1 heterocycles.